The van der Waals surface area contributed by atoms with E-state index < -0.39 is 17.2 Å². The molecule has 0 unspecified atom stereocenters. The van der Waals surface area contributed by atoms with Gasteiger partial charge in [-0.1, -0.05) is 0 Å². The first kappa shape index (κ1) is 21.0. The molecule has 1 spiro atoms. The average Bonchev–Trinajstić information content (AvgIpc) is 3.63. The first-order chi connectivity index (χ1) is 15.7. The van der Waals surface area contributed by atoms with Gasteiger partial charge in [0, 0.05) is 49.8 Å². The van der Waals surface area contributed by atoms with Crippen LogP contribution in [0.4, 0.5) is 13.2 Å². The Morgan fingerprint density at radius 3 is 2.58 bits per heavy atom. The lowest BCUT2D eigenvalue weighted by Crippen LogP contribution is -2.63. The average molecular weight is 461 g/mol. The number of alkyl halides is 2. The van der Waals surface area contributed by atoms with Crippen LogP contribution in [0.1, 0.15) is 73.5 Å². The van der Waals surface area contributed by atoms with Crippen molar-refractivity contribution >= 4 is 5.91 Å². The van der Waals surface area contributed by atoms with Crippen molar-refractivity contribution in [2.24, 2.45) is 10.8 Å². The van der Waals surface area contributed by atoms with Crippen LogP contribution in [0.15, 0.2) is 24.8 Å². The standard InChI is InChI=1S/C24H27F3N4O2/c1-22(26,27)24(4-5-24)13-33-20-18(25)6-16(9-28-20)21(32)31-11-23(12-31)7-17(8-23)30-10-19(29-14-30)15-2-3-15/h6,9-10,14-15,17H,2-5,7-8,11-13H2,1H3. The Labute approximate surface area is 190 Å². The second kappa shape index (κ2) is 6.96. The lowest BCUT2D eigenvalue weighted by molar-refractivity contribution is -0.0718. The molecule has 3 heterocycles. The molecule has 3 saturated carbocycles. The van der Waals surface area contributed by atoms with Gasteiger partial charge in [0.05, 0.1) is 23.0 Å². The molecule has 1 aliphatic heterocycles. The molecule has 4 aliphatic rings. The molecule has 9 heteroatoms. The number of amides is 1. The molecule has 0 N–H and O–H groups in total. The van der Waals surface area contributed by atoms with Gasteiger partial charge in [-0.3, -0.25) is 4.79 Å². The molecule has 33 heavy (non-hydrogen) atoms. The van der Waals surface area contributed by atoms with Gasteiger partial charge >= 0.3 is 0 Å². The third-order valence-corrected chi connectivity index (χ3v) is 8.04. The molecule has 1 amide bonds. The van der Waals surface area contributed by atoms with Crippen molar-refractivity contribution in [3.63, 3.8) is 0 Å². The number of ether oxygens (including phenoxy) is 1. The molecule has 0 bridgehead atoms. The Morgan fingerprint density at radius 2 is 1.97 bits per heavy atom. The zero-order valence-electron chi connectivity index (χ0n) is 18.6. The highest BCUT2D eigenvalue weighted by Crippen LogP contribution is 2.57. The van der Waals surface area contributed by atoms with E-state index in [0.29, 0.717) is 37.9 Å². The van der Waals surface area contributed by atoms with Crippen LogP contribution in [-0.4, -0.2) is 51.0 Å². The Bertz CT molecular complexity index is 1090. The first-order valence-corrected chi connectivity index (χ1v) is 11.7. The monoisotopic (exact) mass is 460 g/mol. The third kappa shape index (κ3) is 3.60. The topological polar surface area (TPSA) is 60.2 Å². The van der Waals surface area contributed by atoms with E-state index in [-0.39, 0.29) is 29.4 Å². The predicted octanol–water partition coefficient (Wildman–Crippen LogP) is 4.59. The molecule has 4 fully saturated rings. The van der Waals surface area contributed by atoms with E-state index in [1.54, 1.807) is 4.90 Å². The van der Waals surface area contributed by atoms with E-state index in [2.05, 4.69) is 20.7 Å². The van der Waals surface area contributed by atoms with Gasteiger partial charge in [0.15, 0.2) is 5.82 Å². The summed E-state index contributed by atoms with van der Waals surface area (Å²) in [5.74, 6) is -3.65. The normalized spacial score (nSPS) is 23.2. The second-order valence-corrected chi connectivity index (χ2v) is 10.7. The first-order valence-electron chi connectivity index (χ1n) is 11.7. The zero-order chi connectivity index (χ0) is 23.0. The van der Waals surface area contributed by atoms with E-state index in [9.17, 15) is 18.0 Å². The van der Waals surface area contributed by atoms with Gasteiger partial charge in [0.2, 0.25) is 5.88 Å². The summed E-state index contributed by atoms with van der Waals surface area (Å²) in [4.78, 5) is 22.9. The van der Waals surface area contributed by atoms with Gasteiger partial charge < -0.3 is 14.2 Å². The molecule has 2 aromatic heterocycles. The summed E-state index contributed by atoms with van der Waals surface area (Å²) in [5.41, 5.74) is 0.247. The molecule has 6 nitrogen and oxygen atoms in total. The fourth-order valence-electron chi connectivity index (χ4n) is 5.36. The Morgan fingerprint density at radius 1 is 1.24 bits per heavy atom. The number of likely N-dealkylation sites (tertiary alicyclic amines) is 1. The summed E-state index contributed by atoms with van der Waals surface area (Å²) >= 11 is 0. The SMILES string of the molecule is CC(F)(F)C1(COc2ncc(C(=O)N3CC4(CC(n5cnc(C6CC6)c5)C4)C3)cc2F)CC1. The van der Waals surface area contributed by atoms with Gasteiger partial charge in [0.1, 0.15) is 6.61 Å². The Kier molecular flexibility index (Phi) is 4.43. The van der Waals surface area contributed by atoms with E-state index >= 15 is 0 Å². The summed E-state index contributed by atoms with van der Waals surface area (Å²) in [6, 6.07) is 1.52. The van der Waals surface area contributed by atoms with Gasteiger partial charge in [0.25, 0.3) is 11.8 Å². The molecule has 176 valence electrons. The van der Waals surface area contributed by atoms with Gasteiger partial charge in [-0.05, 0) is 44.6 Å². The van der Waals surface area contributed by atoms with Crippen LogP contribution >= 0.6 is 0 Å². The number of carbonyl (C=O) groups excluding carboxylic acids is 1. The van der Waals surface area contributed by atoms with E-state index in [4.69, 9.17) is 4.74 Å². The fourth-order valence-corrected chi connectivity index (χ4v) is 5.36. The number of halogens is 3. The number of hydrogen-bond donors (Lipinski definition) is 0. The number of nitrogens with zero attached hydrogens (tertiary/aromatic N) is 4. The van der Waals surface area contributed by atoms with Crippen molar-refractivity contribution in [2.75, 3.05) is 19.7 Å². The van der Waals surface area contributed by atoms with Gasteiger partial charge in [-0.15, -0.1) is 0 Å². The molecule has 2 aromatic rings. The van der Waals surface area contributed by atoms with Crippen molar-refractivity contribution in [1.29, 1.82) is 0 Å². The van der Waals surface area contributed by atoms with E-state index in [0.717, 1.165) is 25.8 Å². The number of hydrogen-bond acceptors (Lipinski definition) is 4. The summed E-state index contributed by atoms with van der Waals surface area (Å²) in [5, 5.41) is 0. The largest absolute Gasteiger partial charge is 0.475 e. The minimum absolute atomic E-state index is 0.142. The highest BCUT2D eigenvalue weighted by Gasteiger charge is 2.60. The van der Waals surface area contributed by atoms with Crippen LogP contribution in [0.2, 0.25) is 0 Å². The maximum atomic E-state index is 14.5. The second-order valence-electron chi connectivity index (χ2n) is 10.7. The summed E-state index contributed by atoms with van der Waals surface area (Å²) in [6.07, 6.45) is 10.6. The maximum Gasteiger partial charge on any atom is 0.255 e. The number of imidazole rings is 1. The molecule has 0 aromatic carbocycles. The van der Waals surface area contributed by atoms with E-state index in [1.807, 2.05) is 6.33 Å². The zero-order valence-corrected chi connectivity index (χ0v) is 18.6. The number of pyridine rings is 1. The summed E-state index contributed by atoms with van der Waals surface area (Å²) in [6.45, 7) is 1.88. The Balaban J connectivity index is 1.02. The smallest absolute Gasteiger partial charge is 0.255 e. The van der Waals surface area contributed by atoms with E-state index in [1.165, 1.54) is 24.7 Å². The number of carbonyl (C=O) groups is 1. The Hall–Kier alpha value is -2.58. The van der Waals surface area contributed by atoms with Crippen molar-refractivity contribution < 1.29 is 22.7 Å². The predicted molar refractivity (Wildman–Crippen MR) is 113 cm³/mol. The van der Waals surface area contributed by atoms with Crippen molar-refractivity contribution in [2.45, 2.75) is 63.3 Å². The number of rotatable bonds is 7. The highest BCUT2D eigenvalue weighted by molar-refractivity contribution is 5.94. The lowest BCUT2D eigenvalue weighted by Gasteiger charge is -2.59. The quantitative estimate of drug-likeness (QED) is 0.607. The van der Waals surface area contributed by atoms with Gasteiger partial charge in [-0.25, -0.2) is 23.1 Å². The molecular weight excluding hydrogens is 433 g/mol. The van der Waals surface area contributed by atoms with Crippen molar-refractivity contribution in [3.05, 3.63) is 41.9 Å². The molecule has 0 radical (unpaired) electrons. The van der Waals surface area contributed by atoms with Crippen LogP contribution in [0.3, 0.4) is 0 Å². The molecular formula is C24H27F3N4O2. The van der Waals surface area contributed by atoms with Crippen molar-refractivity contribution in [3.8, 4) is 5.88 Å². The third-order valence-electron chi connectivity index (χ3n) is 8.04. The fraction of sp³-hybridized carbons (Fsp3) is 0.625. The highest BCUT2D eigenvalue weighted by atomic mass is 19.3. The number of aromatic nitrogens is 3. The van der Waals surface area contributed by atoms with Crippen LogP contribution < -0.4 is 4.74 Å². The lowest BCUT2D eigenvalue weighted by atomic mass is 9.60. The summed E-state index contributed by atoms with van der Waals surface area (Å²) < 4.78 is 49.3. The molecule has 1 saturated heterocycles. The van der Waals surface area contributed by atoms with Crippen LogP contribution in [-0.2, 0) is 0 Å². The summed E-state index contributed by atoms with van der Waals surface area (Å²) in [7, 11) is 0. The van der Waals surface area contributed by atoms with Crippen LogP contribution in [0.25, 0.3) is 0 Å². The van der Waals surface area contributed by atoms with Crippen LogP contribution in [0, 0.1) is 16.6 Å². The van der Waals surface area contributed by atoms with Crippen LogP contribution in [0.5, 0.6) is 5.88 Å². The molecule has 6 rings (SSSR count). The van der Waals surface area contributed by atoms with Crippen molar-refractivity contribution in [1.82, 2.24) is 19.4 Å². The van der Waals surface area contributed by atoms with Gasteiger partial charge in [-0.2, -0.15) is 0 Å². The minimum atomic E-state index is -2.88. The minimum Gasteiger partial charge on any atom is -0.475 e. The molecule has 0 atom stereocenters. The molecule has 3 aliphatic carbocycles. The maximum absolute atomic E-state index is 14.5.